The summed E-state index contributed by atoms with van der Waals surface area (Å²) in [6, 6.07) is 15.4. The standard InChI is InChI=1S/C16H13BrN4OS/c1-22-14-7-5-12(6-8-14)15-19-20-16(23)21(15)18-10-11-3-2-4-13(17)9-11/h2-10H,1H3,(H,20,23)/b18-10-. The van der Waals surface area contributed by atoms with Crippen molar-refractivity contribution < 1.29 is 4.74 Å². The lowest BCUT2D eigenvalue weighted by Crippen LogP contribution is -1.95. The quantitative estimate of drug-likeness (QED) is 0.536. The van der Waals surface area contributed by atoms with E-state index in [1.807, 2.05) is 48.5 Å². The lowest BCUT2D eigenvalue weighted by Gasteiger charge is -2.03. The molecule has 1 heterocycles. The van der Waals surface area contributed by atoms with Crippen LogP contribution < -0.4 is 4.74 Å². The highest BCUT2D eigenvalue weighted by Crippen LogP contribution is 2.21. The third-order valence-electron chi connectivity index (χ3n) is 3.17. The summed E-state index contributed by atoms with van der Waals surface area (Å²) < 4.78 is 8.19. The maximum atomic E-state index is 5.26. The van der Waals surface area contributed by atoms with Crippen LogP contribution in [-0.4, -0.2) is 28.2 Å². The minimum atomic E-state index is 0.432. The number of aromatic amines is 1. The van der Waals surface area contributed by atoms with Crippen LogP contribution in [0.5, 0.6) is 5.75 Å². The minimum Gasteiger partial charge on any atom is -0.497 e. The molecule has 5 nitrogen and oxygen atoms in total. The molecule has 0 bridgehead atoms. The third kappa shape index (κ3) is 3.57. The number of hydrogen-bond acceptors (Lipinski definition) is 4. The van der Waals surface area contributed by atoms with E-state index in [9.17, 15) is 0 Å². The molecule has 0 aliphatic rings. The molecule has 1 aromatic heterocycles. The molecular formula is C16H13BrN4OS. The van der Waals surface area contributed by atoms with Gasteiger partial charge in [-0.05, 0) is 54.2 Å². The number of aromatic nitrogens is 3. The van der Waals surface area contributed by atoms with E-state index in [1.54, 1.807) is 18.0 Å². The molecule has 0 aliphatic carbocycles. The molecule has 0 radical (unpaired) electrons. The molecule has 2 aromatic carbocycles. The van der Waals surface area contributed by atoms with Gasteiger partial charge in [0.15, 0.2) is 5.82 Å². The number of ether oxygens (including phenoxy) is 1. The summed E-state index contributed by atoms with van der Waals surface area (Å²) in [5, 5.41) is 11.5. The Balaban J connectivity index is 1.96. The van der Waals surface area contributed by atoms with Crippen molar-refractivity contribution in [2.45, 2.75) is 0 Å². The molecule has 0 amide bonds. The fraction of sp³-hybridized carbons (Fsp3) is 0.0625. The van der Waals surface area contributed by atoms with Crippen LogP contribution in [0.15, 0.2) is 58.1 Å². The largest absolute Gasteiger partial charge is 0.497 e. The van der Waals surface area contributed by atoms with Gasteiger partial charge in [0, 0.05) is 10.0 Å². The molecule has 0 aliphatic heterocycles. The van der Waals surface area contributed by atoms with Gasteiger partial charge >= 0.3 is 0 Å². The van der Waals surface area contributed by atoms with Crippen molar-refractivity contribution in [2.24, 2.45) is 5.10 Å². The number of benzene rings is 2. The fourth-order valence-corrected chi connectivity index (χ4v) is 2.63. The predicted molar refractivity (Wildman–Crippen MR) is 96.5 cm³/mol. The van der Waals surface area contributed by atoms with Gasteiger partial charge in [0.1, 0.15) is 5.75 Å². The smallest absolute Gasteiger partial charge is 0.216 e. The van der Waals surface area contributed by atoms with E-state index < -0.39 is 0 Å². The first-order valence-corrected chi connectivity index (χ1v) is 7.99. The number of halogens is 1. The van der Waals surface area contributed by atoms with Crippen LogP contribution in [0.4, 0.5) is 0 Å². The van der Waals surface area contributed by atoms with Crippen LogP contribution in [0.1, 0.15) is 5.56 Å². The first-order chi connectivity index (χ1) is 11.2. The first-order valence-electron chi connectivity index (χ1n) is 6.79. The number of nitrogens with zero attached hydrogens (tertiary/aromatic N) is 3. The molecule has 0 spiro atoms. The Morgan fingerprint density at radius 3 is 2.74 bits per heavy atom. The fourth-order valence-electron chi connectivity index (χ4n) is 2.04. The second kappa shape index (κ2) is 6.89. The molecule has 0 atom stereocenters. The van der Waals surface area contributed by atoms with Gasteiger partial charge in [-0.3, -0.25) is 0 Å². The topological polar surface area (TPSA) is 55.2 Å². The molecular weight excluding hydrogens is 376 g/mol. The van der Waals surface area contributed by atoms with Crippen molar-refractivity contribution in [3.8, 4) is 17.1 Å². The van der Waals surface area contributed by atoms with Crippen molar-refractivity contribution in [3.63, 3.8) is 0 Å². The zero-order chi connectivity index (χ0) is 16.2. The summed E-state index contributed by atoms with van der Waals surface area (Å²) in [6.07, 6.45) is 1.74. The number of rotatable bonds is 4. The SMILES string of the molecule is COc1ccc(-c2n[nH]c(=S)n2/N=C\c2cccc(Br)c2)cc1. The highest BCUT2D eigenvalue weighted by Gasteiger charge is 2.08. The molecule has 3 rings (SSSR count). The number of H-pyrrole nitrogens is 1. The number of hydrogen-bond donors (Lipinski definition) is 1. The van der Waals surface area contributed by atoms with E-state index in [-0.39, 0.29) is 0 Å². The first kappa shape index (κ1) is 15.6. The van der Waals surface area contributed by atoms with Crippen LogP contribution in [0.25, 0.3) is 11.4 Å². The van der Waals surface area contributed by atoms with Gasteiger partial charge in [-0.15, -0.1) is 0 Å². The zero-order valence-electron chi connectivity index (χ0n) is 12.2. The summed E-state index contributed by atoms with van der Waals surface area (Å²) in [6.45, 7) is 0. The van der Waals surface area contributed by atoms with Gasteiger partial charge in [-0.1, -0.05) is 28.1 Å². The van der Waals surface area contributed by atoms with Crippen LogP contribution >= 0.6 is 28.1 Å². The molecule has 7 heteroatoms. The molecule has 23 heavy (non-hydrogen) atoms. The van der Waals surface area contributed by atoms with Gasteiger partial charge in [0.2, 0.25) is 4.77 Å². The monoisotopic (exact) mass is 388 g/mol. The summed E-state index contributed by atoms with van der Waals surface area (Å²) in [5.74, 6) is 1.43. The molecule has 116 valence electrons. The average Bonchev–Trinajstić information content (AvgIpc) is 2.94. The Kier molecular flexibility index (Phi) is 4.68. The van der Waals surface area contributed by atoms with Crippen molar-refractivity contribution in [1.82, 2.24) is 14.9 Å². The molecule has 0 saturated carbocycles. The summed E-state index contributed by atoms with van der Waals surface area (Å²) in [5.41, 5.74) is 1.85. The van der Waals surface area contributed by atoms with E-state index >= 15 is 0 Å². The Labute approximate surface area is 146 Å². The van der Waals surface area contributed by atoms with Crippen LogP contribution in [0.3, 0.4) is 0 Å². The Bertz CT molecular complexity index is 899. The van der Waals surface area contributed by atoms with Crippen molar-refractivity contribution >= 4 is 34.4 Å². The van der Waals surface area contributed by atoms with Crippen molar-refractivity contribution in [2.75, 3.05) is 7.11 Å². The molecule has 3 aromatic rings. The van der Waals surface area contributed by atoms with Gasteiger partial charge in [-0.2, -0.15) is 14.9 Å². The lowest BCUT2D eigenvalue weighted by atomic mass is 10.2. The molecule has 0 fully saturated rings. The maximum absolute atomic E-state index is 5.26. The Morgan fingerprint density at radius 1 is 1.26 bits per heavy atom. The zero-order valence-corrected chi connectivity index (χ0v) is 14.6. The lowest BCUT2D eigenvalue weighted by molar-refractivity contribution is 0.415. The number of nitrogens with one attached hydrogen (secondary N) is 1. The Hall–Kier alpha value is -2.25. The van der Waals surface area contributed by atoms with Gasteiger partial charge in [0.25, 0.3) is 0 Å². The highest BCUT2D eigenvalue weighted by molar-refractivity contribution is 9.10. The summed E-state index contributed by atoms with van der Waals surface area (Å²) in [7, 11) is 1.63. The van der Waals surface area contributed by atoms with Crippen LogP contribution in [0.2, 0.25) is 0 Å². The molecule has 1 N–H and O–H groups in total. The van der Waals surface area contributed by atoms with E-state index in [0.717, 1.165) is 21.3 Å². The van der Waals surface area contributed by atoms with Crippen molar-refractivity contribution in [1.29, 1.82) is 0 Å². The van der Waals surface area contributed by atoms with Gasteiger partial charge in [0.05, 0.1) is 13.3 Å². The predicted octanol–water partition coefficient (Wildman–Crippen LogP) is 4.26. The van der Waals surface area contributed by atoms with Crippen molar-refractivity contribution in [3.05, 3.63) is 63.3 Å². The molecule has 0 saturated heterocycles. The summed E-state index contributed by atoms with van der Waals surface area (Å²) in [4.78, 5) is 0. The average molecular weight is 389 g/mol. The highest BCUT2D eigenvalue weighted by atomic mass is 79.9. The second-order valence-electron chi connectivity index (χ2n) is 4.69. The third-order valence-corrected chi connectivity index (χ3v) is 3.93. The van der Waals surface area contributed by atoms with E-state index in [4.69, 9.17) is 17.0 Å². The minimum absolute atomic E-state index is 0.432. The second-order valence-corrected chi connectivity index (χ2v) is 5.99. The molecule has 0 unspecified atom stereocenters. The van der Waals surface area contributed by atoms with E-state index in [1.165, 1.54) is 0 Å². The van der Waals surface area contributed by atoms with Crippen LogP contribution in [-0.2, 0) is 0 Å². The van der Waals surface area contributed by atoms with Crippen LogP contribution in [0, 0.1) is 4.77 Å². The van der Waals surface area contributed by atoms with Gasteiger partial charge in [-0.25, -0.2) is 5.10 Å². The summed E-state index contributed by atoms with van der Waals surface area (Å²) >= 11 is 8.70. The number of methoxy groups -OCH3 is 1. The normalized spacial score (nSPS) is 11.0. The van der Waals surface area contributed by atoms with E-state index in [2.05, 4.69) is 31.2 Å². The van der Waals surface area contributed by atoms with Gasteiger partial charge < -0.3 is 4.74 Å². The Morgan fingerprint density at radius 2 is 2.04 bits per heavy atom. The maximum Gasteiger partial charge on any atom is 0.216 e. The van der Waals surface area contributed by atoms with E-state index in [0.29, 0.717) is 10.6 Å².